The topological polar surface area (TPSA) is 64.7 Å². The largest absolute Gasteiger partial charge is 0.369 e. The van der Waals surface area contributed by atoms with E-state index in [9.17, 15) is 9.59 Å². The zero-order chi connectivity index (χ0) is 20.7. The number of hydrogen-bond acceptors (Lipinski definition) is 4. The molecule has 2 N–H and O–H groups in total. The number of imide groups is 1. The monoisotopic (exact) mass is 410 g/mol. The number of amides is 3. The second kappa shape index (κ2) is 7.88. The van der Waals surface area contributed by atoms with Gasteiger partial charge in [-0.1, -0.05) is 18.2 Å². The molecule has 6 heteroatoms. The lowest BCUT2D eigenvalue weighted by Crippen LogP contribution is -2.63. The molecule has 1 aromatic carbocycles. The first-order chi connectivity index (χ1) is 14.5. The summed E-state index contributed by atoms with van der Waals surface area (Å²) < 4.78 is 0. The number of hydrogen-bond donors (Lipinski definition) is 2. The summed E-state index contributed by atoms with van der Waals surface area (Å²) in [6.45, 7) is 5.33. The molecule has 1 heterocycles. The average Bonchev–Trinajstić information content (AvgIpc) is 2.72. The summed E-state index contributed by atoms with van der Waals surface area (Å²) in [5, 5.41) is 5.89. The standard InChI is InChI=1S/C24H34N4O2/c1-17(27-7-9-28(10-8-27)21-5-3-2-4-6-21)22(29)25-23(30)26-24-14-18-11-19(15-24)13-20(12-18)16-24/h2-6,17-20H,7-16H2,1H3,(H2,25,26,29,30)/t17-,18?,19?,20?,24?/m0/s1. The first kappa shape index (κ1) is 19.9. The Kier molecular flexibility index (Phi) is 5.21. The Morgan fingerprint density at radius 3 is 2.07 bits per heavy atom. The van der Waals surface area contributed by atoms with Gasteiger partial charge in [0.05, 0.1) is 6.04 Å². The van der Waals surface area contributed by atoms with Gasteiger partial charge in [-0.05, 0) is 75.3 Å². The number of nitrogens with one attached hydrogen (secondary N) is 2. The quantitative estimate of drug-likeness (QED) is 0.801. The summed E-state index contributed by atoms with van der Waals surface area (Å²) in [4.78, 5) is 30.0. The Morgan fingerprint density at radius 2 is 1.50 bits per heavy atom. The van der Waals surface area contributed by atoms with Crippen LogP contribution in [-0.2, 0) is 4.79 Å². The van der Waals surface area contributed by atoms with Crippen LogP contribution in [0.1, 0.15) is 45.4 Å². The lowest BCUT2D eigenvalue weighted by Gasteiger charge is -2.56. The molecule has 4 aliphatic carbocycles. The Bertz CT molecular complexity index is 752. The highest BCUT2D eigenvalue weighted by molar-refractivity contribution is 5.97. The van der Waals surface area contributed by atoms with Crippen molar-refractivity contribution in [1.29, 1.82) is 0 Å². The van der Waals surface area contributed by atoms with Crippen LogP contribution in [0.2, 0.25) is 0 Å². The van der Waals surface area contributed by atoms with Gasteiger partial charge in [0.15, 0.2) is 0 Å². The van der Waals surface area contributed by atoms with Gasteiger partial charge in [-0.25, -0.2) is 4.79 Å². The van der Waals surface area contributed by atoms with Gasteiger partial charge in [-0.15, -0.1) is 0 Å². The number of piperazine rings is 1. The molecule has 5 aliphatic rings. The number of carbonyl (C=O) groups excluding carboxylic acids is 2. The van der Waals surface area contributed by atoms with Crippen LogP contribution >= 0.6 is 0 Å². The van der Waals surface area contributed by atoms with Crippen LogP contribution in [-0.4, -0.2) is 54.6 Å². The maximum atomic E-state index is 12.8. The summed E-state index contributed by atoms with van der Waals surface area (Å²) in [5.41, 5.74) is 1.16. The summed E-state index contributed by atoms with van der Waals surface area (Å²) >= 11 is 0. The van der Waals surface area contributed by atoms with Gasteiger partial charge in [-0.2, -0.15) is 0 Å². The van der Waals surface area contributed by atoms with Crippen LogP contribution in [0, 0.1) is 17.8 Å². The Labute approximate surface area is 179 Å². The predicted molar refractivity (Wildman–Crippen MR) is 117 cm³/mol. The molecule has 1 saturated heterocycles. The molecule has 0 unspecified atom stereocenters. The molecule has 30 heavy (non-hydrogen) atoms. The first-order valence-electron chi connectivity index (χ1n) is 11.7. The van der Waals surface area contributed by atoms with E-state index in [1.165, 1.54) is 24.9 Å². The lowest BCUT2D eigenvalue weighted by molar-refractivity contribution is -0.125. The van der Waals surface area contributed by atoms with Gasteiger partial charge in [-0.3, -0.25) is 15.0 Å². The van der Waals surface area contributed by atoms with E-state index in [1.54, 1.807) is 0 Å². The van der Waals surface area contributed by atoms with E-state index in [-0.39, 0.29) is 23.5 Å². The van der Waals surface area contributed by atoms with Crippen LogP contribution in [0.25, 0.3) is 0 Å². The Hall–Kier alpha value is -2.08. The smallest absolute Gasteiger partial charge is 0.321 e. The third-order valence-corrected chi connectivity index (χ3v) is 8.02. The number of rotatable bonds is 4. The number of benzene rings is 1. The van der Waals surface area contributed by atoms with E-state index in [0.29, 0.717) is 0 Å². The van der Waals surface area contributed by atoms with E-state index in [4.69, 9.17) is 0 Å². The third-order valence-electron chi connectivity index (χ3n) is 8.02. The third kappa shape index (κ3) is 3.94. The Morgan fingerprint density at radius 1 is 0.933 bits per heavy atom. The molecule has 1 aromatic rings. The van der Waals surface area contributed by atoms with Crippen LogP contribution in [0.15, 0.2) is 30.3 Å². The number of urea groups is 1. The first-order valence-corrected chi connectivity index (χ1v) is 11.7. The lowest BCUT2D eigenvalue weighted by atomic mass is 9.53. The second-order valence-corrected chi connectivity index (χ2v) is 10.2. The minimum absolute atomic E-state index is 0.0658. The minimum Gasteiger partial charge on any atom is -0.369 e. The zero-order valence-corrected chi connectivity index (χ0v) is 18.0. The van der Waals surface area contributed by atoms with Crippen molar-refractivity contribution >= 4 is 17.6 Å². The van der Waals surface area contributed by atoms with Crippen LogP contribution in [0.5, 0.6) is 0 Å². The summed E-state index contributed by atoms with van der Waals surface area (Å²) in [7, 11) is 0. The molecule has 1 aliphatic heterocycles. The molecule has 3 amide bonds. The normalized spacial score (nSPS) is 33.9. The van der Waals surface area contributed by atoms with Gasteiger partial charge >= 0.3 is 6.03 Å². The van der Waals surface area contributed by atoms with Gasteiger partial charge < -0.3 is 10.2 Å². The van der Waals surface area contributed by atoms with Gasteiger partial charge in [0.1, 0.15) is 0 Å². The van der Waals surface area contributed by atoms with Crippen molar-refractivity contribution in [3.63, 3.8) is 0 Å². The van der Waals surface area contributed by atoms with Crippen molar-refractivity contribution in [3.05, 3.63) is 30.3 Å². The highest BCUT2D eigenvalue weighted by atomic mass is 16.2. The molecule has 5 fully saturated rings. The van der Waals surface area contributed by atoms with Gasteiger partial charge in [0, 0.05) is 37.4 Å². The van der Waals surface area contributed by atoms with Crippen LogP contribution in [0.4, 0.5) is 10.5 Å². The minimum atomic E-state index is -0.301. The van der Waals surface area contributed by atoms with Crippen molar-refractivity contribution < 1.29 is 9.59 Å². The van der Waals surface area contributed by atoms with Crippen molar-refractivity contribution in [3.8, 4) is 0 Å². The fourth-order valence-electron chi connectivity index (χ4n) is 6.92. The number of anilines is 1. The molecule has 1 atom stereocenters. The second-order valence-electron chi connectivity index (χ2n) is 10.2. The van der Waals surface area contributed by atoms with Crippen molar-refractivity contribution in [2.45, 2.75) is 57.0 Å². The average molecular weight is 411 g/mol. The van der Waals surface area contributed by atoms with Crippen LogP contribution in [0.3, 0.4) is 0 Å². The fourth-order valence-corrected chi connectivity index (χ4v) is 6.92. The van der Waals surface area contributed by atoms with Gasteiger partial charge in [0.25, 0.3) is 0 Å². The summed E-state index contributed by atoms with van der Waals surface area (Å²) in [5.74, 6) is 2.12. The molecule has 162 valence electrons. The number of nitrogens with zero attached hydrogens (tertiary/aromatic N) is 2. The van der Waals surface area contributed by atoms with E-state index < -0.39 is 0 Å². The summed E-state index contributed by atoms with van der Waals surface area (Å²) in [6.07, 6.45) is 7.31. The van der Waals surface area contributed by atoms with E-state index in [0.717, 1.165) is 63.2 Å². The van der Waals surface area contributed by atoms with Crippen molar-refractivity contribution in [1.82, 2.24) is 15.5 Å². The molecule has 0 spiro atoms. The predicted octanol–water partition coefficient (Wildman–Crippen LogP) is 2.99. The van der Waals surface area contributed by atoms with Gasteiger partial charge in [0.2, 0.25) is 5.91 Å². The van der Waals surface area contributed by atoms with Crippen molar-refractivity contribution in [2.75, 3.05) is 31.1 Å². The highest BCUT2D eigenvalue weighted by Gasteiger charge is 2.51. The molecule has 4 bridgehead atoms. The maximum Gasteiger partial charge on any atom is 0.321 e. The van der Waals surface area contributed by atoms with E-state index in [2.05, 4.69) is 44.7 Å². The molecule has 0 radical (unpaired) electrons. The molecular weight excluding hydrogens is 376 g/mol. The zero-order valence-electron chi connectivity index (χ0n) is 18.0. The number of para-hydroxylation sites is 1. The molecular formula is C24H34N4O2. The van der Waals surface area contributed by atoms with Crippen LogP contribution < -0.4 is 15.5 Å². The van der Waals surface area contributed by atoms with E-state index in [1.807, 2.05) is 13.0 Å². The highest BCUT2D eigenvalue weighted by Crippen LogP contribution is 2.55. The van der Waals surface area contributed by atoms with Crippen molar-refractivity contribution in [2.24, 2.45) is 17.8 Å². The Balaban J connectivity index is 1.12. The fraction of sp³-hybridized carbons (Fsp3) is 0.667. The molecule has 6 rings (SSSR count). The van der Waals surface area contributed by atoms with E-state index >= 15 is 0 Å². The molecule has 4 saturated carbocycles. The maximum absolute atomic E-state index is 12.8. The SMILES string of the molecule is C[C@@H](C(=O)NC(=O)NC12CC3CC(CC(C3)C1)C2)N1CCN(c2ccccc2)CC1. The number of carbonyl (C=O) groups is 2. The summed E-state index contributed by atoms with van der Waals surface area (Å²) in [6, 6.07) is 9.80. The molecule has 0 aromatic heterocycles. The molecule has 6 nitrogen and oxygen atoms in total.